The van der Waals surface area contributed by atoms with Gasteiger partial charge in [0.25, 0.3) is 11.8 Å². The Bertz CT molecular complexity index is 1210. The number of nitrogens with zero attached hydrogens (tertiary/aromatic N) is 2. The first-order valence-corrected chi connectivity index (χ1v) is 10.5. The van der Waals surface area contributed by atoms with E-state index in [1.165, 1.54) is 6.07 Å². The maximum absolute atomic E-state index is 12.6. The number of rotatable bonds is 7. The zero-order chi connectivity index (χ0) is 22.8. The van der Waals surface area contributed by atoms with Gasteiger partial charge in [0, 0.05) is 23.9 Å². The molecule has 0 aliphatic carbocycles. The average Bonchev–Trinajstić information content (AvgIpc) is 3.29. The normalized spacial score (nSPS) is 12.9. The summed E-state index contributed by atoms with van der Waals surface area (Å²) < 4.78 is 29.8. The molecule has 0 saturated heterocycles. The average molecular weight is 457 g/mol. The monoisotopic (exact) mass is 457 g/mol. The van der Waals surface area contributed by atoms with Crippen LogP contribution in [0.1, 0.15) is 32.7 Å². The molecule has 32 heavy (non-hydrogen) atoms. The van der Waals surface area contributed by atoms with Gasteiger partial charge in [-0.2, -0.15) is 8.78 Å². The van der Waals surface area contributed by atoms with Crippen LogP contribution in [0.25, 0.3) is 11.3 Å². The lowest BCUT2D eigenvalue weighted by Gasteiger charge is -2.13. The summed E-state index contributed by atoms with van der Waals surface area (Å²) in [5.74, 6) is -1.30. The summed E-state index contributed by atoms with van der Waals surface area (Å²) in [6.45, 7) is -1.21. The molecule has 2 heterocycles. The highest BCUT2D eigenvalue weighted by Crippen LogP contribution is 2.33. The van der Waals surface area contributed by atoms with Crippen LogP contribution in [0.4, 0.5) is 13.9 Å². The lowest BCUT2D eigenvalue weighted by molar-refractivity contribution is -0.116. The Morgan fingerprint density at radius 3 is 2.66 bits per heavy atom. The fourth-order valence-electron chi connectivity index (χ4n) is 3.33. The number of nitrogens with one attached hydrogen (secondary N) is 1. The topological polar surface area (TPSA) is 88.6 Å². The van der Waals surface area contributed by atoms with Crippen molar-refractivity contribution in [3.05, 3.63) is 64.5 Å². The maximum atomic E-state index is 12.6. The number of para-hydroxylation sites is 1. The van der Waals surface area contributed by atoms with Crippen molar-refractivity contribution >= 4 is 34.2 Å². The summed E-state index contributed by atoms with van der Waals surface area (Å²) >= 11 is 1.12. The molecule has 1 aliphatic heterocycles. The van der Waals surface area contributed by atoms with Crippen LogP contribution in [0.3, 0.4) is 0 Å². The van der Waals surface area contributed by atoms with Crippen molar-refractivity contribution in [3.63, 3.8) is 0 Å². The SMILES string of the molecule is Cc1ccc2c(c1)C(=O)N(CCC(=O)Nc1nc(-c3ccccc3OC(F)F)cs1)C2=O. The number of benzene rings is 2. The highest BCUT2D eigenvalue weighted by Gasteiger charge is 2.35. The van der Waals surface area contributed by atoms with Gasteiger partial charge in [-0.05, 0) is 31.2 Å². The summed E-state index contributed by atoms with van der Waals surface area (Å²) in [5.41, 5.74) is 2.27. The number of fused-ring (bicyclic) bond motifs is 1. The first kappa shape index (κ1) is 21.6. The highest BCUT2D eigenvalue weighted by atomic mass is 32.1. The van der Waals surface area contributed by atoms with E-state index >= 15 is 0 Å². The number of halogens is 2. The van der Waals surface area contributed by atoms with Gasteiger partial charge in [-0.3, -0.25) is 19.3 Å². The Morgan fingerprint density at radius 1 is 1.12 bits per heavy atom. The van der Waals surface area contributed by atoms with Crippen molar-refractivity contribution in [3.8, 4) is 17.0 Å². The molecule has 0 atom stereocenters. The maximum Gasteiger partial charge on any atom is 0.387 e. The minimum absolute atomic E-state index is 0.0217. The molecule has 0 unspecified atom stereocenters. The second-order valence-corrected chi connectivity index (χ2v) is 7.88. The number of hydrogen-bond donors (Lipinski definition) is 1. The van der Waals surface area contributed by atoms with E-state index in [0.29, 0.717) is 22.4 Å². The molecule has 3 aromatic rings. The molecule has 164 valence electrons. The van der Waals surface area contributed by atoms with Gasteiger partial charge in [0.05, 0.1) is 16.8 Å². The number of amides is 3. The second kappa shape index (κ2) is 8.83. The highest BCUT2D eigenvalue weighted by molar-refractivity contribution is 7.14. The molecule has 2 aromatic carbocycles. The van der Waals surface area contributed by atoms with Gasteiger partial charge in [0.1, 0.15) is 5.75 Å². The number of aryl methyl sites for hydroxylation is 1. The first-order chi connectivity index (χ1) is 15.3. The third-order valence-electron chi connectivity index (χ3n) is 4.82. The van der Waals surface area contributed by atoms with Crippen molar-refractivity contribution < 1.29 is 27.9 Å². The molecular formula is C22H17F2N3O4S. The van der Waals surface area contributed by atoms with Gasteiger partial charge in [0.15, 0.2) is 5.13 Å². The van der Waals surface area contributed by atoms with E-state index in [-0.39, 0.29) is 23.8 Å². The smallest absolute Gasteiger partial charge is 0.387 e. The first-order valence-electron chi connectivity index (χ1n) is 9.60. The summed E-state index contributed by atoms with van der Waals surface area (Å²) in [7, 11) is 0. The number of carbonyl (C=O) groups is 3. The fraction of sp³-hybridized carbons (Fsp3) is 0.182. The van der Waals surface area contributed by atoms with Crippen LogP contribution in [-0.4, -0.2) is 40.8 Å². The van der Waals surface area contributed by atoms with Crippen LogP contribution < -0.4 is 10.1 Å². The Hall–Kier alpha value is -3.66. The zero-order valence-corrected chi connectivity index (χ0v) is 17.6. The number of imide groups is 1. The standard InChI is InChI=1S/C22H17F2N3O4S/c1-12-6-7-13-15(10-12)20(30)27(19(13)29)9-8-18(28)26-22-25-16(11-32-22)14-4-2-3-5-17(14)31-21(23)24/h2-7,10-11,21H,8-9H2,1H3,(H,25,26,28). The number of alkyl halides is 2. The molecule has 1 N–H and O–H groups in total. The quantitative estimate of drug-likeness (QED) is 0.533. The molecule has 3 amide bonds. The second-order valence-electron chi connectivity index (χ2n) is 7.02. The lowest BCUT2D eigenvalue weighted by Crippen LogP contribution is -2.32. The van der Waals surface area contributed by atoms with E-state index in [9.17, 15) is 23.2 Å². The van der Waals surface area contributed by atoms with Crippen LogP contribution in [0.5, 0.6) is 5.75 Å². The number of thiazole rings is 1. The van der Waals surface area contributed by atoms with Crippen LogP contribution in [0.15, 0.2) is 47.8 Å². The van der Waals surface area contributed by atoms with Gasteiger partial charge in [-0.1, -0.05) is 23.8 Å². The zero-order valence-electron chi connectivity index (χ0n) is 16.8. The molecule has 10 heteroatoms. The predicted octanol–water partition coefficient (Wildman–Crippen LogP) is 4.34. The van der Waals surface area contributed by atoms with Crippen LogP contribution in [0.2, 0.25) is 0 Å². The molecule has 0 saturated carbocycles. The summed E-state index contributed by atoms with van der Waals surface area (Å²) in [6.07, 6.45) is -0.107. The third kappa shape index (κ3) is 4.35. The third-order valence-corrected chi connectivity index (χ3v) is 5.58. The lowest BCUT2D eigenvalue weighted by atomic mass is 10.1. The molecule has 1 aromatic heterocycles. The largest absolute Gasteiger partial charge is 0.434 e. The molecular weight excluding hydrogens is 440 g/mol. The molecule has 7 nitrogen and oxygen atoms in total. The van der Waals surface area contributed by atoms with E-state index in [1.54, 1.807) is 41.8 Å². The van der Waals surface area contributed by atoms with Crippen LogP contribution in [-0.2, 0) is 4.79 Å². The van der Waals surface area contributed by atoms with Crippen LogP contribution >= 0.6 is 11.3 Å². The minimum atomic E-state index is -2.97. The van der Waals surface area contributed by atoms with E-state index in [0.717, 1.165) is 21.8 Å². The van der Waals surface area contributed by atoms with Gasteiger partial charge in [-0.25, -0.2) is 4.98 Å². The number of ether oxygens (including phenoxy) is 1. The van der Waals surface area contributed by atoms with Gasteiger partial charge < -0.3 is 10.1 Å². The molecule has 0 fully saturated rings. The van der Waals surface area contributed by atoms with Gasteiger partial charge in [0.2, 0.25) is 5.91 Å². The number of carbonyl (C=O) groups excluding carboxylic acids is 3. The molecule has 0 bridgehead atoms. The van der Waals surface area contributed by atoms with E-state index < -0.39 is 24.3 Å². The van der Waals surface area contributed by atoms with E-state index in [2.05, 4.69) is 15.0 Å². The van der Waals surface area contributed by atoms with Crippen molar-refractivity contribution in [2.45, 2.75) is 20.0 Å². The van der Waals surface area contributed by atoms with Crippen molar-refractivity contribution in [2.24, 2.45) is 0 Å². The number of hydrogen-bond acceptors (Lipinski definition) is 6. The van der Waals surface area contributed by atoms with Crippen molar-refractivity contribution in [1.29, 1.82) is 0 Å². The van der Waals surface area contributed by atoms with Gasteiger partial charge >= 0.3 is 6.61 Å². The number of aromatic nitrogens is 1. The van der Waals surface area contributed by atoms with Crippen LogP contribution in [0, 0.1) is 6.92 Å². The Kier molecular flexibility index (Phi) is 5.95. The van der Waals surface area contributed by atoms with E-state index in [4.69, 9.17) is 0 Å². The summed E-state index contributed by atoms with van der Waals surface area (Å²) in [4.78, 5) is 42.6. The predicted molar refractivity (Wildman–Crippen MR) is 114 cm³/mol. The number of anilines is 1. The Balaban J connectivity index is 1.39. The van der Waals surface area contributed by atoms with E-state index in [1.807, 2.05) is 6.92 Å². The Morgan fingerprint density at radius 2 is 1.88 bits per heavy atom. The molecule has 4 rings (SSSR count). The summed E-state index contributed by atoms with van der Waals surface area (Å²) in [6, 6.07) is 11.2. The minimum Gasteiger partial charge on any atom is -0.434 e. The van der Waals surface area contributed by atoms with Gasteiger partial charge in [-0.15, -0.1) is 11.3 Å². The molecule has 1 aliphatic rings. The Labute approximate surface area is 185 Å². The summed E-state index contributed by atoms with van der Waals surface area (Å²) in [5, 5.41) is 4.47. The van der Waals surface area contributed by atoms with Crippen molar-refractivity contribution in [1.82, 2.24) is 9.88 Å². The molecule has 0 spiro atoms. The van der Waals surface area contributed by atoms with Crippen molar-refractivity contribution in [2.75, 3.05) is 11.9 Å². The fourth-order valence-corrected chi connectivity index (χ4v) is 4.06. The molecule has 0 radical (unpaired) electrons.